The number of carboxylic acid groups (broad SMARTS) is 1. The van der Waals surface area contributed by atoms with Crippen molar-refractivity contribution in [3.63, 3.8) is 0 Å². The highest BCUT2D eigenvalue weighted by molar-refractivity contribution is 5.75. The predicted molar refractivity (Wildman–Crippen MR) is 135 cm³/mol. The Bertz CT molecular complexity index is 956. The Kier molecular flexibility index (Phi) is 5.40. The van der Waals surface area contributed by atoms with E-state index in [9.17, 15) is 25.2 Å². The summed E-state index contributed by atoms with van der Waals surface area (Å²) in [6.07, 6.45) is 7.14. The van der Waals surface area contributed by atoms with Crippen LogP contribution >= 0.6 is 0 Å². The number of rotatable bonds is 1. The van der Waals surface area contributed by atoms with Gasteiger partial charge in [0.05, 0.1) is 23.7 Å². The molecule has 0 aromatic heterocycles. The molecule has 0 amide bonds. The Labute approximate surface area is 211 Å². The van der Waals surface area contributed by atoms with Gasteiger partial charge in [-0.1, -0.05) is 53.2 Å². The standard InChI is InChI=1S/C30H48O5/c1-25(2)19-10-11-30(7)20(28(19,5)16-18(31)22(25)32)9-8-17-21-23(33)27(4,24(34)35)14-12-26(21,3)13-15-29(17,30)6/h8,18-23,31-33H,9-16H2,1-7H3,(H,34,35)/t18-,19?,20-,21+,22+,23+,26-,27?,28+,29-,30-/m1/s1. The maximum absolute atomic E-state index is 12.3. The zero-order valence-electron chi connectivity index (χ0n) is 22.9. The van der Waals surface area contributed by atoms with Crippen molar-refractivity contribution in [2.75, 3.05) is 0 Å². The van der Waals surface area contributed by atoms with Crippen LogP contribution in [0.1, 0.15) is 99.8 Å². The average Bonchev–Trinajstić information content (AvgIpc) is 2.76. The van der Waals surface area contributed by atoms with Crippen LogP contribution in [-0.4, -0.2) is 44.7 Å². The predicted octanol–water partition coefficient (Wildman–Crippen LogP) is 5.18. The highest BCUT2D eigenvalue weighted by Gasteiger charge is 2.70. The minimum absolute atomic E-state index is 0.00144. The molecule has 0 aromatic carbocycles. The molecule has 0 aromatic rings. The maximum Gasteiger partial charge on any atom is 0.312 e. The summed E-state index contributed by atoms with van der Waals surface area (Å²) in [6, 6.07) is 0. The SMILES string of the molecule is CC1(C(=O)O)CC[C@]2(C)CC[C@]3(C)C(=CC[C@@H]4[C@@]5(C)C[C@@H](O)[C@H](O)C(C)(C)C5CC[C@]43C)[C@H]2[C@@H]1O. The Balaban J connectivity index is 1.61. The molecule has 0 bridgehead atoms. The lowest BCUT2D eigenvalue weighted by atomic mass is 9.33. The van der Waals surface area contributed by atoms with Crippen LogP contribution in [0.15, 0.2) is 11.6 Å². The number of carboxylic acids is 1. The summed E-state index contributed by atoms with van der Waals surface area (Å²) in [5, 5.41) is 43.6. The van der Waals surface area contributed by atoms with Gasteiger partial charge in [0.25, 0.3) is 0 Å². The fraction of sp³-hybridized carbons (Fsp3) is 0.900. The molecule has 198 valence electrons. The zero-order chi connectivity index (χ0) is 26.0. The number of hydrogen-bond donors (Lipinski definition) is 4. The molecule has 0 radical (unpaired) electrons. The number of aliphatic hydroxyl groups excluding tert-OH is 3. The Morgan fingerprint density at radius 3 is 2.11 bits per heavy atom. The van der Waals surface area contributed by atoms with Crippen molar-refractivity contribution in [1.82, 2.24) is 0 Å². The first-order chi connectivity index (χ1) is 16.0. The van der Waals surface area contributed by atoms with Gasteiger partial charge in [0, 0.05) is 5.92 Å². The lowest BCUT2D eigenvalue weighted by molar-refractivity contribution is -0.234. The molecule has 4 N–H and O–H groups in total. The molecule has 11 atom stereocenters. The van der Waals surface area contributed by atoms with Gasteiger partial charge in [-0.25, -0.2) is 0 Å². The smallest absolute Gasteiger partial charge is 0.312 e. The number of hydrogen-bond acceptors (Lipinski definition) is 4. The van der Waals surface area contributed by atoms with Crippen LogP contribution in [-0.2, 0) is 4.79 Å². The molecule has 35 heavy (non-hydrogen) atoms. The number of aliphatic carboxylic acids is 1. The van der Waals surface area contributed by atoms with E-state index in [1.54, 1.807) is 6.92 Å². The van der Waals surface area contributed by atoms with Crippen molar-refractivity contribution in [2.45, 2.75) is 118 Å². The fourth-order valence-electron chi connectivity index (χ4n) is 10.8. The van der Waals surface area contributed by atoms with Gasteiger partial charge < -0.3 is 20.4 Å². The molecule has 5 aliphatic carbocycles. The Hall–Kier alpha value is -0.910. The molecule has 5 aliphatic rings. The van der Waals surface area contributed by atoms with Crippen LogP contribution in [0.4, 0.5) is 0 Å². The third kappa shape index (κ3) is 2.95. The first kappa shape index (κ1) is 25.7. The first-order valence-corrected chi connectivity index (χ1v) is 14.0. The average molecular weight is 489 g/mol. The van der Waals surface area contributed by atoms with Crippen LogP contribution in [0.25, 0.3) is 0 Å². The van der Waals surface area contributed by atoms with Gasteiger partial charge in [0.2, 0.25) is 0 Å². The summed E-state index contributed by atoms with van der Waals surface area (Å²) in [7, 11) is 0. The second kappa shape index (κ2) is 7.35. The second-order valence-corrected chi connectivity index (χ2v) is 15.1. The Morgan fingerprint density at radius 1 is 0.857 bits per heavy atom. The van der Waals surface area contributed by atoms with Gasteiger partial charge in [0.1, 0.15) is 0 Å². The van der Waals surface area contributed by atoms with E-state index in [1.807, 2.05) is 0 Å². The molecule has 2 unspecified atom stereocenters. The van der Waals surface area contributed by atoms with Crippen LogP contribution < -0.4 is 0 Å². The highest BCUT2D eigenvalue weighted by Crippen LogP contribution is 2.75. The molecule has 5 rings (SSSR count). The normalized spacial score (nSPS) is 57.1. The third-order valence-electron chi connectivity index (χ3n) is 13.4. The summed E-state index contributed by atoms with van der Waals surface area (Å²) in [4.78, 5) is 12.3. The fourth-order valence-corrected chi connectivity index (χ4v) is 10.8. The number of fused-ring (bicyclic) bond motifs is 7. The van der Waals surface area contributed by atoms with Crippen LogP contribution in [0, 0.1) is 50.2 Å². The summed E-state index contributed by atoms with van der Waals surface area (Å²) >= 11 is 0. The quantitative estimate of drug-likeness (QED) is 0.382. The van der Waals surface area contributed by atoms with Crippen LogP contribution in [0.2, 0.25) is 0 Å². The van der Waals surface area contributed by atoms with E-state index in [4.69, 9.17) is 0 Å². The number of aliphatic hydroxyl groups is 3. The van der Waals surface area contributed by atoms with Crippen molar-refractivity contribution in [1.29, 1.82) is 0 Å². The van der Waals surface area contributed by atoms with E-state index in [0.717, 1.165) is 38.5 Å². The van der Waals surface area contributed by atoms with Crippen molar-refractivity contribution < 1.29 is 25.2 Å². The molecule has 0 spiro atoms. The van der Waals surface area contributed by atoms with Crippen LogP contribution in [0.5, 0.6) is 0 Å². The second-order valence-electron chi connectivity index (χ2n) is 15.1. The molecule has 0 heterocycles. The van der Waals surface area contributed by atoms with Crippen molar-refractivity contribution in [2.24, 2.45) is 50.2 Å². The molecule has 0 saturated heterocycles. The van der Waals surface area contributed by atoms with E-state index in [0.29, 0.717) is 24.7 Å². The monoisotopic (exact) mass is 488 g/mol. The number of allylic oxidation sites excluding steroid dienone is 1. The molecule has 5 heteroatoms. The molecule has 5 nitrogen and oxygen atoms in total. The van der Waals surface area contributed by atoms with Crippen LogP contribution in [0.3, 0.4) is 0 Å². The first-order valence-electron chi connectivity index (χ1n) is 14.0. The van der Waals surface area contributed by atoms with E-state index >= 15 is 0 Å². The van der Waals surface area contributed by atoms with E-state index in [-0.39, 0.29) is 33.0 Å². The van der Waals surface area contributed by atoms with Gasteiger partial charge in [-0.05, 0) is 97.2 Å². The highest BCUT2D eigenvalue weighted by atomic mass is 16.4. The minimum atomic E-state index is -1.11. The molecular weight excluding hydrogens is 440 g/mol. The van der Waals surface area contributed by atoms with Gasteiger partial charge in [0.15, 0.2) is 0 Å². The topological polar surface area (TPSA) is 98.0 Å². The van der Waals surface area contributed by atoms with Crippen molar-refractivity contribution >= 4 is 5.97 Å². The molecule has 0 aliphatic heterocycles. The van der Waals surface area contributed by atoms with Gasteiger partial charge in [-0.3, -0.25) is 4.79 Å². The van der Waals surface area contributed by atoms with E-state index < -0.39 is 29.7 Å². The van der Waals surface area contributed by atoms with Gasteiger partial charge in [-0.2, -0.15) is 0 Å². The van der Waals surface area contributed by atoms with E-state index in [1.165, 1.54) is 5.57 Å². The number of carbonyl (C=O) groups is 1. The summed E-state index contributed by atoms with van der Waals surface area (Å²) < 4.78 is 0. The molecule has 4 fully saturated rings. The zero-order valence-corrected chi connectivity index (χ0v) is 22.9. The summed E-state index contributed by atoms with van der Waals surface area (Å²) in [6.45, 7) is 15.5. The lowest BCUT2D eigenvalue weighted by Gasteiger charge is -2.72. The van der Waals surface area contributed by atoms with E-state index in [2.05, 4.69) is 47.6 Å². The largest absolute Gasteiger partial charge is 0.481 e. The maximum atomic E-state index is 12.3. The minimum Gasteiger partial charge on any atom is -0.481 e. The summed E-state index contributed by atoms with van der Waals surface area (Å²) in [5.41, 5.74) is -0.415. The van der Waals surface area contributed by atoms with Crippen molar-refractivity contribution in [3.8, 4) is 0 Å². The van der Waals surface area contributed by atoms with Gasteiger partial charge in [-0.15, -0.1) is 0 Å². The Morgan fingerprint density at radius 2 is 1.49 bits per heavy atom. The molecular formula is C30H48O5. The lowest BCUT2D eigenvalue weighted by Crippen LogP contribution is -2.67. The van der Waals surface area contributed by atoms with Gasteiger partial charge >= 0.3 is 5.97 Å². The molecule has 4 saturated carbocycles. The third-order valence-corrected chi connectivity index (χ3v) is 13.4. The summed E-state index contributed by atoms with van der Waals surface area (Å²) in [5.74, 6) is -0.297. The van der Waals surface area contributed by atoms with Crippen molar-refractivity contribution in [3.05, 3.63) is 11.6 Å².